The van der Waals surface area contributed by atoms with Crippen LogP contribution in [0.15, 0.2) is 93.3 Å². The molecule has 0 saturated heterocycles. The summed E-state index contributed by atoms with van der Waals surface area (Å²) in [5.74, 6) is 0. The Morgan fingerprint density at radius 1 is 0.429 bits per heavy atom. The third-order valence-corrected chi connectivity index (χ3v) is 4.09. The average molecular weight is 366 g/mol. The minimum atomic E-state index is 0.861. The van der Waals surface area contributed by atoms with E-state index in [1.165, 1.54) is 0 Å². The highest BCUT2D eigenvalue weighted by Crippen LogP contribution is 2.17. The van der Waals surface area contributed by atoms with Gasteiger partial charge in [0.25, 0.3) is 0 Å². The molecule has 0 amide bonds. The molecule has 3 rings (SSSR count). The van der Waals surface area contributed by atoms with Gasteiger partial charge in [0.1, 0.15) is 0 Å². The maximum Gasteiger partial charge on any atom is 0.0852 e. The maximum atomic E-state index is 4.01. The standard InChI is InChI=1S/C24H22N4/c1-25-27-23-15-11-21(12-16-23)9-7-19-3-5-20(6-4-19)8-10-22-13-17-24(18-14-22)28-26-2/h3-18H,1-2H3. The summed E-state index contributed by atoms with van der Waals surface area (Å²) < 4.78 is 0. The van der Waals surface area contributed by atoms with Crippen LogP contribution in [0.3, 0.4) is 0 Å². The fourth-order valence-corrected chi connectivity index (χ4v) is 2.64. The highest BCUT2D eigenvalue weighted by Gasteiger charge is 1.93. The number of rotatable bonds is 6. The smallest absolute Gasteiger partial charge is 0.0852 e. The SMILES string of the molecule is CN=Nc1ccc(C=Cc2ccc(C=Cc3ccc(N=NC)cc3)cc2)cc1. The Balaban J connectivity index is 1.62. The molecule has 0 saturated carbocycles. The minimum Gasteiger partial charge on any atom is -0.192 e. The molecule has 3 aromatic rings. The van der Waals surface area contributed by atoms with E-state index in [0.717, 1.165) is 33.6 Å². The van der Waals surface area contributed by atoms with Gasteiger partial charge in [0.15, 0.2) is 0 Å². The highest BCUT2D eigenvalue weighted by atomic mass is 15.1. The van der Waals surface area contributed by atoms with Crippen molar-refractivity contribution in [3.63, 3.8) is 0 Å². The van der Waals surface area contributed by atoms with Crippen LogP contribution in [0.1, 0.15) is 22.3 Å². The zero-order chi connectivity index (χ0) is 19.6. The van der Waals surface area contributed by atoms with Crippen molar-refractivity contribution in [2.75, 3.05) is 14.1 Å². The first kappa shape index (κ1) is 19.1. The summed E-state index contributed by atoms with van der Waals surface area (Å²) in [7, 11) is 3.34. The first-order chi connectivity index (χ1) is 13.8. The van der Waals surface area contributed by atoms with Crippen LogP contribution in [0.2, 0.25) is 0 Å². The van der Waals surface area contributed by atoms with Crippen LogP contribution in [0.5, 0.6) is 0 Å². The van der Waals surface area contributed by atoms with E-state index >= 15 is 0 Å². The van der Waals surface area contributed by atoms with E-state index in [0.29, 0.717) is 0 Å². The third kappa shape index (κ3) is 5.68. The predicted octanol–water partition coefficient (Wildman–Crippen LogP) is 7.45. The van der Waals surface area contributed by atoms with Crippen molar-refractivity contribution in [2.45, 2.75) is 0 Å². The molecule has 0 atom stereocenters. The zero-order valence-corrected chi connectivity index (χ0v) is 16.0. The van der Waals surface area contributed by atoms with Crippen molar-refractivity contribution in [3.05, 3.63) is 95.1 Å². The normalized spacial score (nSPS) is 12.1. The lowest BCUT2D eigenvalue weighted by Crippen LogP contribution is -1.76. The Labute approximate surface area is 165 Å². The molecule has 0 heterocycles. The van der Waals surface area contributed by atoms with Crippen LogP contribution >= 0.6 is 0 Å². The van der Waals surface area contributed by atoms with Gasteiger partial charge < -0.3 is 0 Å². The van der Waals surface area contributed by atoms with E-state index in [4.69, 9.17) is 0 Å². The lowest BCUT2D eigenvalue weighted by Gasteiger charge is -1.98. The molecule has 0 bridgehead atoms. The molecule has 0 aliphatic carbocycles. The van der Waals surface area contributed by atoms with Gasteiger partial charge in [-0.3, -0.25) is 0 Å². The number of hydrogen-bond acceptors (Lipinski definition) is 4. The summed E-state index contributed by atoms with van der Waals surface area (Å²) in [5, 5.41) is 15.6. The molecule has 28 heavy (non-hydrogen) atoms. The number of benzene rings is 3. The molecule has 0 aromatic heterocycles. The summed E-state index contributed by atoms with van der Waals surface area (Å²) >= 11 is 0. The molecule has 0 aliphatic heterocycles. The van der Waals surface area contributed by atoms with Gasteiger partial charge in [-0.05, 0) is 46.5 Å². The third-order valence-electron chi connectivity index (χ3n) is 4.09. The fraction of sp³-hybridized carbons (Fsp3) is 0.0833. The van der Waals surface area contributed by atoms with Gasteiger partial charge in [0, 0.05) is 14.1 Å². The monoisotopic (exact) mass is 366 g/mol. The Morgan fingerprint density at radius 2 is 0.679 bits per heavy atom. The Morgan fingerprint density at radius 3 is 0.929 bits per heavy atom. The number of hydrogen-bond donors (Lipinski definition) is 0. The molecule has 0 radical (unpaired) electrons. The quantitative estimate of drug-likeness (QED) is 0.321. The molecule has 138 valence electrons. The van der Waals surface area contributed by atoms with E-state index in [2.05, 4.69) is 69.0 Å². The van der Waals surface area contributed by atoms with Gasteiger partial charge in [0.05, 0.1) is 11.4 Å². The summed E-state index contributed by atoms with van der Waals surface area (Å²) in [6.07, 6.45) is 8.38. The van der Waals surface area contributed by atoms with Gasteiger partial charge >= 0.3 is 0 Å². The largest absolute Gasteiger partial charge is 0.192 e. The second kappa shape index (κ2) is 9.88. The van der Waals surface area contributed by atoms with Crippen molar-refractivity contribution in [2.24, 2.45) is 20.5 Å². The van der Waals surface area contributed by atoms with E-state index in [9.17, 15) is 0 Å². The van der Waals surface area contributed by atoms with Gasteiger partial charge in [0.2, 0.25) is 0 Å². The summed E-state index contributed by atoms with van der Waals surface area (Å²) in [6.45, 7) is 0. The van der Waals surface area contributed by atoms with Crippen molar-refractivity contribution < 1.29 is 0 Å². The zero-order valence-electron chi connectivity index (χ0n) is 16.0. The molecule has 4 heteroatoms. The maximum absolute atomic E-state index is 4.01. The second-order valence-corrected chi connectivity index (χ2v) is 6.12. The highest BCUT2D eigenvalue weighted by molar-refractivity contribution is 5.73. The van der Waals surface area contributed by atoms with Gasteiger partial charge in [-0.2, -0.15) is 20.5 Å². The lowest BCUT2D eigenvalue weighted by molar-refractivity contribution is 1.17. The van der Waals surface area contributed by atoms with Crippen LogP contribution in [0.25, 0.3) is 24.3 Å². The summed E-state index contributed by atoms with van der Waals surface area (Å²) in [5.41, 5.74) is 6.29. The van der Waals surface area contributed by atoms with Crippen molar-refractivity contribution >= 4 is 35.7 Å². The van der Waals surface area contributed by atoms with Crippen LogP contribution in [0.4, 0.5) is 11.4 Å². The summed E-state index contributed by atoms with van der Waals surface area (Å²) in [4.78, 5) is 0. The average Bonchev–Trinajstić information content (AvgIpc) is 2.74. The van der Waals surface area contributed by atoms with E-state index in [1.807, 2.05) is 48.5 Å². The Hall–Kier alpha value is -3.66. The van der Waals surface area contributed by atoms with Crippen LogP contribution < -0.4 is 0 Å². The minimum absolute atomic E-state index is 0.861. The van der Waals surface area contributed by atoms with Crippen LogP contribution in [-0.2, 0) is 0 Å². The van der Waals surface area contributed by atoms with Gasteiger partial charge in [-0.1, -0.05) is 72.8 Å². The topological polar surface area (TPSA) is 49.4 Å². The fourth-order valence-electron chi connectivity index (χ4n) is 2.64. The molecule has 0 aliphatic rings. The second-order valence-electron chi connectivity index (χ2n) is 6.12. The number of nitrogens with zero attached hydrogens (tertiary/aromatic N) is 4. The molecular weight excluding hydrogens is 344 g/mol. The van der Waals surface area contributed by atoms with Crippen LogP contribution in [0, 0.1) is 0 Å². The molecule has 0 spiro atoms. The number of azo groups is 2. The molecule has 0 N–H and O–H groups in total. The van der Waals surface area contributed by atoms with Crippen molar-refractivity contribution in [1.82, 2.24) is 0 Å². The lowest BCUT2D eigenvalue weighted by atomic mass is 10.1. The van der Waals surface area contributed by atoms with E-state index in [-0.39, 0.29) is 0 Å². The van der Waals surface area contributed by atoms with Crippen LogP contribution in [-0.4, -0.2) is 14.1 Å². The van der Waals surface area contributed by atoms with E-state index in [1.54, 1.807) is 14.1 Å². The van der Waals surface area contributed by atoms with E-state index < -0.39 is 0 Å². The molecule has 0 unspecified atom stereocenters. The molecular formula is C24H22N4. The van der Waals surface area contributed by atoms with Gasteiger partial charge in [-0.15, -0.1) is 0 Å². The van der Waals surface area contributed by atoms with Gasteiger partial charge in [-0.25, -0.2) is 0 Å². The van der Waals surface area contributed by atoms with Crippen molar-refractivity contribution in [1.29, 1.82) is 0 Å². The summed E-state index contributed by atoms with van der Waals surface area (Å²) in [6, 6.07) is 24.4. The Kier molecular flexibility index (Phi) is 6.74. The first-order valence-electron chi connectivity index (χ1n) is 9.03. The first-order valence-corrected chi connectivity index (χ1v) is 9.03. The predicted molar refractivity (Wildman–Crippen MR) is 118 cm³/mol. The Bertz CT molecular complexity index is 909. The van der Waals surface area contributed by atoms with Crippen molar-refractivity contribution in [3.8, 4) is 0 Å². The molecule has 3 aromatic carbocycles. The molecule has 0 fully saturated rings. The molecule has 4 nitrogen and oxygen atoms in total.